The number of amides is 2. The maximum Gasteiger partial charge on any atom is 0.237 e. The minimum Gasteiger partial charge on any atom is -0.354 e. The van der Waals surface area contributed by atoms with Crippen molar-refractivity contribution < 1.29 is 9.59 Å². The van der Waals surface area contributed by atoms with Crippen molar-refractivity contribution in [3.63, 3.8) is 0 Å². The summed E-state index contributed by atoms with van der Waals surface area (Å²) >= 11 is 0. The van der Waals surface area contributed by atoms with E-state index in [1.54, 1.807) is 0 Å². The number of hydrogen-bond acceptors (Lipinski definition) is 3. The van der Waals surface area contributed by atoms with Gasteiger partial charge in [-0.05, 0) is 32.2 Å². The molecule has 1 saturated heterocycles. The summed E-state index contributed by atoms with van der Waals surface area (Å²) in [5, 5.41) is 8.77. The van der Waals surface area contributed by atoms with Gasteiger partial charge in [0.25, 0.3) is 0 Å². The topological polar surface area (TPSA) is 70.2 Å². The first-order chi connectivity index (χ1) is 7.77. The van der Waals surface area contributed by atoms with Gasteiger partial charge in [-0.15, -0.1) is 0 Å². The van der Waals surface area contributed by atoms with Crippen molar-refractivity contribution in [3.05, 3.63) is 0 Å². The van der Waals surface area contributed by atoms with Gasteiger partial charge in [-0.2, -0.15) is 0 Å². The number of hydrogen-bond donors (Lipinski definition) is 3. The highest BCUT2D eigenvalue weighted by Gasteiger charge is 2.29. The predicted molar refractivity (Wildman–Crippen MR) is 59.8 cm³/mol. The van der Waals surface area contributed by atoms with Gasteiger partial charge in [0.1, 0.15) is 0 Å². The Kier molecular flexibility index (Phi) is 3.77. The second-order valence-electron chi connectivity index (χ2n) is 4.51. The highest BCUT2D eigenvalue weighted by Crippen LogP contribution is 2.28. The standard InChI is InChI=1S/C11H19N3O2/c15-10(8-3-4-8)13-6-7-14-11(16)9-2-1-5-12-9/h8-9,12H,1-7H2,(H,13,15)(H,14,16). The number of nitrogens with one attached hydrogen (secondary N) is 3. The fourth-order valence-corrected chi connectivity index (χ4v) is 1.89. The highest BCUT2D eigenvalue weighted by atomic mass is 16.2. The van der Waals surface area contributed by atoms with E-state index in [1.165, 1.54) is 0 Å². The number of rotatable bonds is 5. The first-order valence-corrected chi connectivity index (χ1v) is 6.06. The van der Waals surface area contributed by atoms with Gasteiger partial charge in [0.15, 0.2) is 0 Å². The van der Waals surface area contributed by atoms with Crippen LogP contribution in [0.2, 0.25) is 0 Å². The van der Waals surface area contributed by atoms with Crippen molar-refractivity contribution in [1.82, 2.24) is 16.0 Å². The maximum atomic E-state index is 11.5. The lowest BCUT2D eigenvalue weighted by Gasteiger charge is -2.11. The highest BCUT2D eigenvalue weighted by molar-refractivity contribution is 5.82. The minimum absolute atomic E-state index is 0.0286. The molecule has 1 saturated carbocycles. The Labute approximate surface area is 95.3 Å². The van der Waals surface area contributed by atoms with Crippen LogP contribution in [0.4, 0.5) is 0 Å². The van der Waals surface area contributed by atoms with E-state index in [4.69, 9.17) is 0 Å². The van der Waals surface area contributed by atoms with Gasteiger partial charge in [-0.25, -0.2) is 0 Å². The van der Waals surface area contributed by atoms with Crippen molar-refractivity contribution in [2.45, 2.75) is 31.7 Å². The van der Waals surface area contributed by atoms with Crippen LogP contribution in [0.5, 0.6) is 0 Å². The fraction of sp³-hybridized carbons (Fsp3) is 0.818. The second kappa shape index (κ2) is 5.30. The molecule has 3 N–H and O–H groups in total. The third-order valence-electron chi connectivity index (χ3n) is 3.05. The Balaban J connectivity index is 1.53. The molecule has 1 aliphatic heterocycles. The van der Waals surface area contributed by atoms with E-state index in [2.05, 4.69) is 16.0 Å². The van der Waals surface area contributed by atoms with Crippen LogP contribution in [0, 0.1) is 5.92 Å². The fourth-order valence-electron chi connectivity index (χ4n) is 1.89. The molecule has 0 bridgehead atoms. The third-order valence-corrected chi connectivity index (χ3v) is 3.05. The molecule has 0 aromatic carbocycles. The molecule has 1 unspecified atom stereocenters. The minimum atomic E-state index is -0.0286. The molecular weight excluding hydrogens is 206 g/mol. The summed E-state index contributed by atoms with van der Waals surface area (Å²) in [6, 6.07) is -0.0286. The zero-order valence-electron chi connectivity index (χ0n) is 9.42. The maximum absolute atomic E-state index is 11.5. The largest absolute Gasteiger partial charge is 0.354 e. The smallest absolute Gasteiger partial charge is 0.237 e. The Morgan fingerprint density at radius 3 is 2.31 bits per heavy atom. The Bertz CT molecular complexity index is 270. The SMILES string of the molecule is O=C(NCCNC(=O)C1CCCN1)C1CC1. The number of carbonyl (C=O) groups excluding carboxylic acids is 2. The Morgan fingerprint density at radius 1 is 1.06 bits per heavy atom. The molecule has 1 aliphatic carbocycles. The third kappa shape index (κ3) is 3.20. The van der Waals surface area contributed by atoms with Gasteiger partial charge in [-0.1, -0.05) is 0 Å². The first kappa shape index (κ1) is 11.4. The van der Waals surface area contributed by atoms with Gasteiger partial charge >= 0.3 is 0 Å². The summed E-state index contributed by atoms with van der Waals surface area (Å²) in [6.45, 7) is 1.99. The molecule has 0 spiro atoms. The van der Waals surface area contributed by atoms with Crippen LogP contribution < -0.4 is 16.0 Å². The zero-order chi connectivity index (χ0) is 11.4. The lowest BCUT2D eigenvalue weighted by molar-refractivity contribution is -0.124. The molecule has 0 aromatic rings. The molecule has 2 amide bonds. The van der Waals surface area contributed by atoms with Crippen molar-refractivity contribution in [2.24, 2.45) is 5.92 Å². The van der Waals surface area contributed by atoms with Gasteiger partial charge in [-0.3, -0.25) is 9.59 Å². The molecule has 0 aromatic heterocycles. The molecule has 2 fully saturated rings. The van der Waals surface area contributed by atoms with Crippen LogP contribution in [-0.4, -0.2) is 37.5 Å². The predicted octanol–water partition coefficient (Wildman–Crippen LogP) is -0.619. The first-order valence-electron chi connectivity index (χ1n) is 6.06. The molecule has 2 aliphatic rings. The van der Waals surface area contributed by atoms with Crippen LogP contribution in [0.15, 0.2) is 0 Å². The molecule has 90 valence electrons. The molecule has 2 rings (SSSR count). The van der Waals surface area contributed by atoms with Crippen molar-refractivity contribution in [3.8, 4) is 0 Å². The molecular formula is C11H19N3O2. The van der Waals surface area contributed by atoms with E-state index < -0.39 is 0 Å². The molecule has 1 heterocycles. The monoisotopic (exact) mass is 225 g/mol. The van der Waals surface area contributed by atoms with E-state index in [-0.39, 0.29) is 23.8 Å². The van der Waals surface area contributed by atoms with E-state index >= 15 is 0 Å². The lowest BCUT2D eigenvalue weighted by Crippen LogP contribution is -2.43. The van der Waals surface area contributed by atoms with E-state index in [1.807, 2.05) is 0 Å². The Morgan fingerprint density at radius 2 is 1.75 bits per heavy atom. The van der Waals surface area contributed by atoms with Gasteiger partial charge < -0.3 is 16.0 Å². The van der Waals surface area contributed by atoms with Gasteiger partial charge in [0.05, 0.1) is 6.04 Å². The summed E-state index contributed by atoms with van der Waals surface area (Å²) in [5.41, 5.74) is 0. The average molecular weight is 225 g/mol. The molecule has 0 radical (unpaired) electrons. The van der Waals surface area contributed by atoms with Crippen LogP contribution in [0.25, 0.3) is 0 Å². The molecule has 5 nitrogen and oxygen atoms in total. The Hall–Kier alpha value is -1.10. The van der Waals surface area contributed by atoms with E-state index in [0.717, 1.165) is 32.2 Å². The summed E-state index contributed by atoms with van der Waals surface area (Å²) < 4.78 is 0. The quantitative estimate of drug-likeness (QED) is 0.546. The molecule has 1 atom stereocenters. The lowest BCUT2D eigenvalue weighted by atomic mass is 10.2. The summed E-state index contributed by atoms with van der Waals surface area (Å²) in [7, 11) is 0. The van der Waals surface area contributed by atoms with Crippen molar-refractivity contribution in [1.29, 1.82) is 0 Å². The average Bonchev–Trinajstić information content (AvgIpc) is 2.99. The second-order valence-corrected chi connectivity index (χ2v) is 4.51. The van der Waals surface area contributed by atoms with Crippen LogP contribution in [-0.2, 0) is 9.59 Å². The van der Waals surface area contributed by atoms with E-state index in [0.29, 0.717) is 13.1 Å². The van der Waals surface area contributed by atoms with Gasteiger partial charge in [0.2, 0.25) is 11.8 Å². The van der Waals surface area contributed by atoms with Crippen molar-refractivity contribution in [2.75, 3.05) is 19.6 Å². The summed E-state index contributed by atoms with van der Waals surface area (Å²) in [6.07, 6.45) is 4.02. The van der Waals surface area contributed by atoms with Crippen LogP contribution >= 0.6 is 0 Å². The van der Waals surface area contributed by atoms with Crippen LogP contribution in [0.1, 0.15) is 25.7 Å². The van der Waals surface area contributed by atoms with Gasteiger partial charge in [0, 0.05) is 19.0 Å². The normalized spacial score (nSPS) is 24.1. The van der Waals surface area contributed by atoms with E-state index in [9.17, 15) is 9.59 Å². The molecule has 5 heteroatoms. The summed E-state index contributed by atoms with van der Waals surface area (Å²) in [4.78, 5) is 22.8. The van der Waals surface area contributed by atoms with Crippen molar-refractivity contribution >= 4 is 11.8 Å². The molecule has 16 heavy (non-hydrogen) atoms. The summed E-state index contributed by atoms with van der Waals surface area (Å²) in [5.74, 6) is 0.429. The van der Waals surface area contributed by atoms with Crippen LogP contribution in [0.3, 0.4) is 0 Å². The zero-order valence-corrected chi connectivity index (χ0v) is 9.42. The number of carbonyl (C=O) groups is 2.